The fourth-order valence-electron chi connectivity index (χ4n) is 2.10. The van der Waals surface area contributed by atoms with Crippen LogP contribution < -0.4 is 19.5 Å². The highest BCUT2D eigenvalue weighted by Gasteiger charge is 2.16. The SMILES string of the molecule is COC(=O)CCNC(=O)CCc1ccc(OC)c(OC)c1OC. The van der Waals surface area contributed by atoms with Gasteiger partial charge in [0, 0.05) is 13.0 Å². The predicted molar refractivity (Wildman–Crippen MR) is 84.1 cm³/mol. The number of carbonyl (C=O) groups excluding carboxylic acids is 2. The summed E-state index contributed by atoms with van der Waals surface area (Å²) in [5.74, 6) is 1.11. The van der Waals surface area contributed by atoms with Gasteiger partial charge in [-0.15, -0.1) is 0 Å². The van der Waals surface area contributed by atoms with E-state index in [2.05, 4.69) is 10.1 Å². The van der Waals surface area contributed by atoms with E-state index in [1.54, 1.807) is 13.2 Å². The molecule has 1 rings (SSSR count). The van der Waals surface area contributed by atoms with Crippen LogP contribution in [0.1, 0.15) is 18.4 Å². The third-order valence-corrected chi connectivity index (χ3v) is 3.29. The molecule has 0 atom stereocenters. The highest BCUT2D eigenvalue weighted by Crippen LogP contribution is 2.40. The molecule has 0 radical (unpaired) electrons. The van der Waals surface area contributed by atoms with Crippen molar-refractivity contribution in [2.75, 3.05) is 35.0 Å². The molecule has 0 spiro atoms. The molecule has 1 aromatic rings. The van der Waals surface area contributed by atoms with Crippen LogP contribution in [0, 0.1) is 0 Å². The van der Waals surface area contributed by atoms with Crippen molar-refractivity contribution in [1.82, 2.24) is 5.32 Å². The number of hydrogen-bond donors (Lipinski definition) is 1. The van der Waals surface area contributed by atoms with Crippen LogP contribution in [0.5, 0.6) is 17.2 Å². The zero-order chi connectivity index (χ0) is 17.2. The Hall–Kier alpha value is -2.44. The van der Waals surface area contributed by atoms with Gasteiger partial charge in [-0.2, -0.15) is 0 Å². The van der Waals surface area contributed by atoms with E-state index in [9.17, 15) is 9.59 Å². The topological polar surface area (TPSA) is 83.1 Å². The van der Waals surface area contributed by atoms with Crippen molar-refractivity contribution in [2.45, 2.75) is 19.3 Å². The van der Waals surface area contributed by atoms with Crippen LogP contribution in [-0.2, 0) is 20.7 Å². The van der Waals surface area contributed by atoms with Gasteiger partial charge in [0.1, 0.15) is 0 Å². The molecule has 0 aromatic heterocycles. The Bertz CT molecular complexity index is 544. The molecular weight excluding hydrogens is 302 g/mol. The molecule has 0 unspecified atom stereocenters. The van der Waals surface area contributed by atoms with Gasteiger partial charge in [-0.05, 0) is 18.1 Å². The summed E-state index contributed by atoms with van der Waals surface area (Å²) < 4.78 is 20.4. The maximum atomic E-state index is 11.8. The van der Waals surface area contributed by atoms with E-state index in [1.807, 2.05) is 6.07 Å². The largest absolute Gasteiger partial charge is 0.493 e. The van der Waals surface area contributed by atoms with E-state index >= 15 is 0 Å². The predicted octanol–water partition coefficient (Wildman–Crippen LogP) is 1.32. The molecule has 0 bridgehead atoms. The van der Waals surface area contributed by atoms with Gasteiger partial charge in [0.05, 0.1) is 34.9 Å². The molecule has 0 aliphatic heterocycles. The van der Waals surface area contributed by atoms with Gasteiger partial charge in [0.15, 0.2) is 11.5 Å². The Labute approximate surface area is 135 Å². The van der Waals surface area contributed by atoms with Crippen LogP contribution in [0.2, 0.25) is 0 Å². The van der Waals surface area contributed by atoms with Crippen molar-refractivity contribution < 1.29 is 28.5 Å². The number of methoxy groups -OCH3 is 4. The lowest BCUT2D eigenvalue weighted by Crippen LogP contribution is -2.26. The summed E-state index contributed by atoms with van der Waals surface area (Å²) in [6, 6.07) is 3.60. The highest BCUT2D eigenvalue weighted by molar-refractivity contribution is 5.77. The zero-order valence-electron chi connectivity index (χ0n) is 13.9. The van der Waals surface area contributed by atoms with E-state index in [-0.39, 0.29) is 31.3 Å². The van der Waals surface area contributed by atoms with Crippen molar-refractivity contribution in [2.24, 2.45) is 0 Å². The van der Waals surface area contributed by atoms with E-state index in [4.69, 9.17) is 14.2 Å². The summed E-state index contributed by atoms with van der Waals surface area (Å²) in [5, 5.41) is 2.67. The normalized spacial score (nSPS) is 9.91. The van der Waals surface area contributed by atoms with E-state index in [1.165, 1.54) is 21.3 Å². The molecule has 23 heavy (non-hydrogen) atoms. The molecule has 1 N–H and O–H groups in total. The summed E-state index contributed by atoms with van der Waals surface area (Å²) in [6.07, 6.45) is 0.905. The average Bonchev–Trinajstić information content (AvgIpc) is 2.58. The van der Waals surface area contributed by atoms with Gasteiger partial charge in [-0.25, -0.2) is 0 Å². The Morgan fingerprint density at radius 2 is 1.65 bits per heavy atom. The molecule has 0 saturated heterocycles. The zero-order valence-corrected chi connectivity index (χ0v) is 13.9. The highest BCUT2D eigenvalue weighted by atomic mass is 16.5. The molecule has 0 fully saturated rings. The van der Waals surface area contributed by atoms with Gasteiger partial charge in [0.2, 0.25) is 11.7 Å². The second kappa shape index (κ2) is 9.55. The van der Waals surface area contributed by atoms with Crippen molar-refractivity contribution in [3.63, 3.8) is 0 Å². The minimum atomic E-state index is -0.355. The number of benzene rings is 1. The molecule has 0 heterocycles. The van der Waals surface area contributed by atoms with Crippen molar-refractivity contribution >= 4 is 11.9 Å². The minimum absolute atomic E-state index is 0.147. The van der Waals surface area contributed by atoms with E-state index in [0.717, 1.165) is 5.56 Å². The third kappa shape index (κ3) is 5.36. The summed E-state index contributed by atoms with van der Waals surface area (Å²) in [4.78, 5) is 22.8. The van der Waals surface area contributed by atoms with Gasteiger partial charge >= 0.3 is 5.97 Å². The van der Waals surface area contributed by atoms with Gasteiger partial charge in [-0.1, -0.05) is 6.07 Å². The van der Waals surface area contributed by atoms with Gasteiger partial charge < -0.3 is 24.3 Å². The summed E-state index contributed by atoms with van der Waals surface area (Å²) >= 11 is 0. The fourth-order valence-corrected chi connectivity index (χ4v) is 2.10. The van der Waals surface area contributed by atoms with Crippen LogP contribution >= 0.6 is 0 Å². The number of hydrogen-bond acceptors (Lipinski definition) is 6. The van der Waals surface area contributed by atoms with Crippen molar-refractivity contribution in [1.29, 1.82) is 0 Å². The number of aryl methyl sites for hydroxylation is 1. The fraction of sp³-hybridized carbons (Fsp3) is 0.500. The molecular formula is C16H23NO6. The van der Waals surface area contributed by atoms with Crippen LogP contribution in [-0.4, -0.2) is 46.9 Å². The first kappa shape index (κ1) is 18.6. The molecule has 128 valence electrons. The first-order chi connectivity index (χ1) is 11.1. The van der Waals surface area contributed by atoms with Crippen LogP contribution in [0.4, 0.5) is 0 Å². The number of esters is 1. The Morgan fingerprint density at radius 1 is 0.957 bits per heavy atom. The van der Waals surface area contributed by atoms with E-state index < -0.39 is 0 Å². The summed E-state index contributed by atoms with van der Waals surface area (Å²) in [5.41, 5.74) is 0.841. The Morgan fingerprint density at radius 3 is 2.22 bits per heavy atom. The van der Waals surface area contributed by atoms with E-state index in [0.29, 0.717) is 23.7 Å². The van der Waals surface area contributed by atoms with Crippen LogP contribution in [0.3, 0.4) is 0 Å². The lowest BCUT2D eigenvalue weighted by atomic mass is 10.1. The Kier molecular flexibility index (Phi) is 7.73. The number of rotatable bonds is 9. The average molecular weight is 325 g/mol. The summed E-state index contributed by atoms with van der Waals surface area (Å²) in [7, 11) is 5.93. The first-order valence-corrected chi connectivity index (χ1v) is 7.18. The molecule has 0 saturated carbocycles. The Balaban J connectivity index is 2.63. The molecule has 0 aliphatic rings. The lowest BCUT2D eigenvalue weighted by molar-refractivity contribution is -0.140. The van der Waals surface area contributed by atoms with Crippen molar-refractivity contribution in [3.8, 4) is 17.2 Å². The number of amides is 1. The molecule has 1 aromatic carbocycles. The molecule has 7 heteroatoms. The van der Waals surface area contributed by atoms with Gasteiger partial charge in [-0.3, -0.25) is 9.59 Å². The quantitative estimate of drug-likeness (QED) is 0.690. The van der Waals surface area contributed by atoms with Crippen LogP contribution in [0.25, 0.3) is 0 Å². The van der Waals surface area contributed by atoms with Gasteiger partial charge in [0.25, 0.3) is 0 Å². The standard InChI is InChI=1S/C16H23NO6/c1-20-12-7-5-11(15(22-3)16(12)23-4)6-8-13(18)17-10-9-14(19)21-2/h5,7H,6,8-10H2,1-4H3,(H,17,18). The number of nitrogens with one attached hydrogen (secondary N) is 1. The smallest absolute Gasteiger partial charge is 0.307 e. The second-order valence-corrected chi connectivity index (χ2v) is 4.67. The van der Waals surface area contributed by atoms with Crippen molar-refractivity contribution in [3.05, 3.63) is 17.7 Å². The number of ether oxygens (including phenoxy) is 4. The maximum absolute atomic E-state index is 11.8. The second-order valence-electron chi connectivity index (χ2n) is 4.67. The first-order valence-electron chi connectivity index (χ1n) is 7.18. The molecule has 1 amide bonds. The lowest BCUT2D eigenvalue weighted by Gasteiger charge is -2.15. The van der Waals surface area contributed by atoms with Crippen LogP contribution in [0.15, 0.2) is 12.1 Å². The monoisotopic (exact) mass is 325 g/mol. The third-order valence-electron chi connectivity index (χ3n) is 3.29. The maximum Gasteiger partial charge on any atom is 0.307 e. The molecule has 0 aliphatic carbocycles. The summed E-state index contributed by atoms with van der Waals surface area (Å²) in [6.45, 7) is 0.259. The minimum Gasteiger partial charge on any atom is -0.493 e. The number of carbonyl (C=O) groups is 2. The molecule has 7 nitrogen and oxygen atoms in total.